The monoisotopic (exact) mass is 481 g/mol. The van der Waals surface area contributed by atoms with Crippen LogP contribution in [0.3, 0.4) is 0 Å². The Bertz CT molecular complexity index is 1360. The van der Waals surface area contributed by atoms with Crippen molar-refractivity contribution in [2.24, 2.45) is 0 Å². The van der Waals surface area contributed by atoms with Gasteiger partial charge in [-0.1, -0.05) is 12.1 Å². The van der Waals surface area contributed by atoms with Crippen molar-refractivity contribution < 1.29 is 14.6 Å². The van der Waals surface area contributed by atoms with Crippen LogP contribution in [0.15, 0.2) is 46.1 Å². The van der Waals surface area contributed by atoms with Crippen LogP contribution in [0.5, 0.6) is 0 Å². The van der Waals surface area contributed by atoms with Gasteiger partial charge in [0.1, 0.15) is 11.4 Å². The fraction of sp³-hybridized carbons (Fsp3) is 0.520. The van der Waals surface area contributed by atoms with Crippen molar-refractivity contribution in [2.75, 3.05) is 19.7 Å². The molecule has 1 spiro atoms. The Balaban J connectivity index is 1.24. The first-order chi connectivity index (χ1) is 16.7. The number of rotatable bonds is 4. The van der Waals surface area contributed by atoms with Gasteiger partial charge < -0.3 is 19.3 Å². The number of aromatic nitrogens is 4. The van der Waals surface area contributed by atoms with Crippen LogP contribution in [0, 0.1) is 6.92 Å². The number of aliphatic hydroxyl groups is 1. The molecule has 186 valence electrons. The normalized spacial score (nSPS) is 24.2. The molecule has 0 radical (unpaired) electrons. The van der Waals surface area contributed by atoms with Gasteiger partial charge in [-0.3, -0.25) is 19.1 Å². The summed E-state index contributed by atoms with van der Waals surface area (Å²) in [7, 11) is 0. The second-order valence-corrected chi connectivity index (χ2v) is 10.00. The Morgan fingerprint density at radius 3 is 2.71 bits per heavy atom. The first-order valence-electron chi connectivity index (χ1n) is 12.0. The summed E-state index contributed by atoms with van der Waals surface area (Å²) in [5.74, 6) is 0.982. The molecule has 2 aliphatic heterocycles. The van der Waals surface area contributed by atoms with Crippen molar-refractivity contribution in [2.45, 2.75) is 63.3 Å². The van der Waals surface area contributed by atoms with E-state index < -0.39 is 28.5 Å². The van der Waals surface area contributed by atoms with Gasteiger partial charge in [0.2, 0.25) is 5.91 Å². The number of H-pyrrole nitrogens is 1. The standard InChI is InChI=1S/C25H31N5O5/c1-17-26-18-5-3-4-6-19(18)29(17)12-8-22(32)28-13-9-25(10-14-28)15-20(24(2,34)16-35-25)30-11-7-21(31)27-23(30)33/h3-7,11,20,34H,8-10,12-16H2,1-2H3,(H,27,31,33)/t20-,24-/m0/s1. The fourth-order valence-corrected chi connectivity index (χ4v) is 5.45. The lowest BCUT2D eigenvalue weighted by atomic mass is 9.77. The quantitative estimate of drug-likeness (QED) is 0.580. The largest absolute Gasteiger partial charge is 0.386 e. The summed E-state index contributed by atoms with van der Waals surface area (Å²) in [5, 5.41) is 10.9. The number of para-hydroxylation sites is 2. The SMILES string of the molecule is Cc1nc2ccccc2n1CCC(=O)N1CCC2(CC1)C[C@H](n1ccc(=O)[nH]c1=O)[C@@](C)(O)CO2. The molecule has 10 nitrogen and oxygen atoms in total. The summed E-state index contributed by atoms with van der Waals surface area (Å²) in [5.41, 5.74) is -0.851. The topological polar surface area (TPSA) is 122 Å². The van der Waals surface area contributed by atoms with Gasteiger partial charge in [-0.15, -0.1) is 0 Å². The molecule has 2 aromatic heterocycles. The predicted octanol–water partition coefficient (Wildman–Crippen LogP) is 1.36. The highest BCUT2D eigenvalue weighted by Gasteiger charge is 2.49. The number of hydrogen-bond acceptors (Lipinski definition) is 6. The van der Waals surface area contributed by atoms with Gasteiger partial charge in [0.15, 0.2) is 0 Å². The van der Waals surface area contributed by atoms with E-state index in [1.165, 1.54) is 16.8 Å². The van der Waals surface area contributed by atoms with E-state index in [9.17, 15) is 19.5 Å². The Kier molecular flexibility index (Phi) is 5.88. The van der Waals surface area contributed by atoms with Crippen LogP contribution < -0.4 is 11.2 Å². The molecule has 2 fully saturated rings. The van der Waals surface area contributed by atoms with Crippen molar-refractivity contribution in [3.8, 4) is 0 Å². The van der Waals surface area contributed by atoms with Gasteiger partial charge in [-0.2, -0.15) is 0 Å². The molecule has 2 aliphatic rings. The molecule has 3 aromatic rings. The Morgan fingerprint density at radius 2 is 1.97 bits per heavy atom. The zero-order chi connectivity index (χ0) is 24.8. The highest BCUT2D eigenvalue weighted by Crippen LogP contribution is 2.43. The third kappa shape index (κ3) is 4.43. The molecule has 0 aliphatic carbocycles. The number of aromatic amines is 1. The zero-order valence-corrected chi connectivity index (χ0v) is 20.1. The van der Waals surface area contributed by atoms with Crippen molar-refractivity contribution in [1.29, 1.82) is 0 Å². The lowest BCUT2D eigenvalue weighted by Crippen LogP contribution is -2.58. The molecule has 1 amide bonds. The first kappa shape index (κ1) is 23.5. The summed E-state index contributed by atoms with van der Waals surface area (Å²) in [6.45, 7) is 5.35. The van der Waals surface area contributed by atoms with E-state index in [1.807, 2.05) is 36.1 Å². The third-order valence-electron chi connectivity index (χ3n) is 7.56. The van der Waals surface area contributed by atoms with Crippen LogP contribution in [0.4, 0.5) is 0 Å². The summed E-state index contributed by atoms with van der Waals surface area (Å²) >= 11 is 0. The van der Waals surface area contributed by atoms with Gasteiger partial charge >= 0.3 is 5.69 Å². The van der Waals surface area contributed by atoms with Crippen molar-refractivity contribution in [1.82, 2.24) is 24.0 Å². The number of carbonyl (C=O) groups excluding carboxylic acids is 1. The van der Waals surface area contributed by atoms with Crippen molar-refractivity contribution >= 4 is 16.9 Å². The van der Waals surface area contributed by atoms with Gasteiger partial charge in [0.05, 0.1) is 29.3 Å². The second-order valence-electron chi connectivity index (χ2n) is 10.00. The number of ether oxygens (including phenoxy) is 1. The summed E-state index contributed by atoms with van der Waals surface area (Å²) < 4.78 is 9.63. The minimum Gasteiger partial charge on any atom is -0.386 e. The van der Waals surface area contributed by atoms with Crippen molar-refractivity contribution in [3.05, 3.63) is 63.2 Å². The molecule has 4 heterocycles. The maximum absolute atomic E-state index is 13.0. The van der Waals surface area contributed by atoms with Gasteiger partial charge in [-0.25, -0.2) is 9.78 Å². The van der Waals surface area contributed by atoms with Gasteiger partial charge in [0, 0.05) is 44.7 Å². The fourth-order valence-electron chi connectivity index (χ4n) is 5.45. The zero-order valence-electron chi connectivity index (χ0n) is 20.1. The lowest BCUT2D eigenvalue weighted by molar-refractivity contribution is -0.202. The number of benzene rings is 1. The number of hydrogen-bond donors (Lipinski definition) is 2. The first-order valence-corrected chi connectivity index (χ1v) is 12.0. The molecule has 0 saturated carbocycles. The van der Waals surface area contributed by atoms with Crippen molar-refractivity contribution in [3.63, 3.8) is 0 Å². The summed E-state index contributed by atoms with van der Waals surface area (Å²) in [6, 6.07) is 8.66. The number of imidazole rings is 1. The number of carbonyl (C=O) groups is 1. The number of aryl methyl sites for hydroxylation is 2. The maximum Gasteiger partial charge on any atom is 0.328 e. The molecule has 10 heteroatoms. The number of piperidine rings is 1. The molecule has 0 unspecified atom stereocenters. The van der Waals surface area contributed by atoms with Crippen LogP contribution in [0.2, 0.25) is 0 Å². The molecule has 35 heavy (non-hydrogen) atoms. The van der Waals surface area contributed by atoms with E-state index in [2.05, 4.69) is 14.5 Å². The molecular weight excluding hydrogens is 450 g/mol. The van der Waals surface area contributed by atoms with E-state index in [0.29, 0.717) is 45.3 Å². The van der Waals surface area contributed by atoms with Gasteiger partial charge in [0.25, 0.3) is 5.56 Å². The minimum absolute atomic E-state index is 0.0736. The lowest BCUT2D eigenvalue weighted by Gasteiger charge is -2.51. The average Bonchev–Trinajstić information content (AvgIpc) is 3.15. The highest BCUT2D eigenvalue weighted by atomic mass is 16.5. The number of likely N-dealkylation sites (tertiary alicyclic amines) is 1. The summed E-state index contributed by atoms with van der Waals surface area (Å²) in [4.78, 5) is 45.6. The van der Waals surface area contributed by atoms with Crippen LogP contribution in [0.25, 0.3) is 11.0 Å². The van der Waals surface area contributed by atoms with E-state index in [1.54, 1.807) is 6.92 Å². The van der Waals surface area contributed by atoms with Crippen LogP contribution >= 0.6 is 0 Å². The van der Waals surface area contributed by atoms with Crippen LogP contribution in [-0.2, 0) is 16.1 Å². The van der Waals surface area contributed by atoms with E-state index in [0.717, 1.165) is 16.9 Å². The molecular formula is C25H31N5O5. The average molecular weight is 482 g/mol. The Hall–Kier alpha value is -3.24. The second kappa shape index (κ2) is 8.76. The Labute approximate surface area is 202 Å². The van der Waals surface area contributed by atoms with Crippen LogP contribution in [0.1, 0.15) is 44.5 Å². The highest BCUT2D eigenvalue weighted by molar-refractivity contribution is 5.78. The predicted molar refractivity (Wildman–Crippen MR) is 129 cm³/mol. The van der Waals surface area contributed by atoms with E-state index in [4.69, 9.17) is 4.74 Å². The summed E-state index contributed by atoms with van der Waals surface area (Å²) in [6.07, 6.45) is 3.49. The van der Waals surface area contributed by atoms with Gasteiger partial charge in [-0.05, 0) is 38.8 Å². The number of nitrogens with zero attached hydrogens (tertiary/aromatic N) is 4. The minimum atomic E-state index is -1.26. The molecule has 1 aromatic carbocycles. The number of fused-ring (bicyclic) bond motifs is 1. The van der Waals surface area contributed by atoms with Crippen LogP contribution in [-0.4, -0.2) is 65.9 Å². The van der Waals surface area contributed by atoms with E-state index >= 15 is 0 Å². The maximum atomic E-state index is 13.0. The number of nitrogens with one attached hydrogen (secondary N) is 1. The number of amides is 1. The van der Waals surface area contributed by atoms with E-state index in [-0.39, 0.29) is 12.5 Å². The third-order valence-corrected chi connectivity index (χ3v) is 7.56. The molecule has 2 saturated heterocycles. The Morgan fingerprint density at radius 1 is 1.23 bits per heavy atom. The molecule has 5 rings (SSSR count). The molecule has 2 N–H and O–H groups in total. The molecule has 0 bridgehead atoms. The molecule has 2 atom stereocenters. The smallest absolute Gasteiger partial charge is 0.328 e.